The molecular formula is C12H24N2O. The summed E-state index contributed by atoms with van der Waals surface area (Å²) in [6.45, 7) is 9.99. The molecule has 2 rings (SSSR count). The monoisotopic (exact) mass is 212 g/mol. The average molecular weight is 212 g/mol. The standard InChI is InChI=1S/C12H24N2O/c1-3-11-9-15-7-6-14(11)12-8-13-5-4-10(12)2/h10-13H,3-9H2,1-2H3. The van der Waals surface area contributed by atoms with Gasteiger partial charge in [-0.25, -0.2) is 0 Å². The predicted molar refractivity (Wildman–Crippen MR) is 62.0 cm³/mol. The summed E-state index contributed by atoms with van der Waals surface area (Å²) in [6, 6.07) is 1.37. The maximum atomic E-state index is 5.57. The molecule has 3 heteroatoms. The van der Waals surface area contributed by atoms with Crippen LogP contribution in [0.1, 0.15) is 26.7 Å². The third kappa shape index (κ3) is 2.52. The van der Waals surface area contributed by atoms with Crippen molar-refractivity contribution in [2.24, 2.45) is 5.92 Å². The molecule has 0 bridgehead atoms. The highest BCUT2D eigenvalue weighted by Gasteiger charge is 2.32. The van der Waals surface area contributed by atoms with E-state index in [1.165, 1.54) is 19.4 Å². The first-order valence-corrected chi connectivity index (χ1v) is 6.37. The largest absolute Gasteiger partial charge is 0.378 e. The van der Waals surface area contributed by atoms with E-state index >= 15 is 0 Å². The van der Waals surface area contributed by atoms with E-state index in [0.717, 1.165) is 38.3 Å². The van der Waals surface area contributed by atoms with Gasteiger partial charge in [-0.2, -0.15) is 0 Å². The maximum Gasteiger partial charge on any atom is 0.0622 e. The van der Waals surface area contributed by atoms with Crippen molar-refractivity contribution in [1.29, 1.82) is 0 Å². The molecule has 3 nitrogen and oxygen atoms in total. The zero-order valence-electron chi connectivity index (χ0n) is 10.0. The Morgan fingerprint density at radius 3 is 3.07 bits per heavy atom. The topological polar surface area (TPSA) is 24.5 Å². The molecule has 1 N–H and O–H groups in total. The van der Waals surface area contributed by atoms with Gasteiger partial charge in [-0.1, -0.05) is 13.8 Å². The molecule has 3 atom stereocenters. The molecule has 2 aliphatic heterocycles. The molecule has 2 fully saturated rings. The van der Waals surface area contributed by atoms with Crippen LogP contribution in [0.25, 0.3) is 0 Å². The summed E-state index contributed by atoms with van der Waals surface area (Å²) < 4.78 is 5.57. The van der Waals surface area contributed by atoms with Crippen LogP contribution in [-0.4, -0.2) is 49.8 Å². The van der Waals surface area contributed by atoms with Crippen LogP contribution in [0.5, 0.6) is 0 Å². The van der Waals surface area contributed by atoms with Gasteiger partial charge in [0.25, 0.3) is 0 Å². The maximum absolute atomic E-state index is 5.57. The second-order valence-electron chi connectivity index (χ2n) is 4.91. The number of hydrogen-bond acceptors (Lipinski definition) is 3. The van der Waals surface area contributed by atoms with E-state index in [-0.39, 0.29) is 0 Å². The number of piperidine rings is 1. The first kappa shape index (κ1) is 11.4. The number of ether oxygens (including phenoxy) is 1. The Bertz CT molecular complexity index is 198. The molecular weight excluding hydrogens is 188 g/mol. The van der Waals surface area contributed by atoms with Crippen molar-refractivity contribution in [3.05, 3.63) is 0 Å². The first-order valence-electron chi connectivity index (χ1n) is 6.37. The van der Waals surface area contributed by atoms with Gasteiger partial charge in [-0.15, -0.1) is 0 Å². The third-order valence-corrected chi connectivity index (χ3v) is 3.96. The number of morpholine rings is 1. The SMILES string of the molecule is CCC1COCCN1C1CNCCC1C. The van der Waals surface area contributed by atoms with Crippen LogP contribution in [0.4, 0.5) is 0 Å². The molecule has 2 heterocycles. The van der Waals surface area contributed by atoms with Crippen LogP contribution in [-0.2, 0) is 4.74 Å². The average Bonchev–Trinajstić information content (AvgIpc) is 2.30. The van der Waals surface area contributed by atoms with E-state index in [2.05, 4.69) is 24.1 Å². The van der Waals surface area contributed by atoms with Crippen LogP contribution in [0.15, 0.2) is 0 Å². The fraction of sp³-hybridized carbons (Fsp3) is 1.00. The molecule has 0 aromatic rings. The van der Waals surface area contributed by atoms with Gasteiger partial charge in [-0.05, 0) is 25.3 Å². The van der Waals surface area contributed by atoms with Crippen molar-refractivity contribution in [2.45, 2.75) is 38.8 Å². The van der Waals surface area contributed by atoms with Crippen molar-refractivity contribution in [2.75, 3.05) is 32.8 Å². The molecule has 2 aliphatic rings. The van der Waals surface area contributed by atoms with E-state index < -0.39 is 0 Å². The molecule has 0 spiro atoms. The van der Waals surface area contributed by atoms with E-state index in [4.69, 9.17) is 4.74 Å². The number of nitrogens with one attached hydrogen (secondary N) is 1. The molecule has 0 aliphatic carbocycles. The summed E-state index contributed by atoms with van der Waals surface area (Å²) in [5.41, 5.74) is 0. The van der Waals surface area contributed by atoms with Crippen molar-refractivity contribution in [3.63, 3.8) is 0 Å². The number of rotatable bonds is 2. The summed E-state index contributed by atoms with van der Waals surface area (Å²) in [4.78, 5) is 2.68. The summed E-state index contributed by atoms with van der Waals surface area (Å²) in [5, 5.41) is 3.52. The molecule has 0 aromatic heterocycles. The zero-order valence-corrected chi connectivity index (χ0v) is 10.0. The van der Waals surface area contributed by atoms with Crippen LogP contribution < -0.4 is 5.32 Å². The fourth-order valence-electron chi connectivity index (χ4n) is 2.87. The smallest absolute Gasteiger partial charge is 0.0622 e. The Morgan fingerprint density at radius 1 is 1.47 bits per heavy atom. The first-order chi connectivity index (χ1) is 7.33. The second kappa shape index (κ2) is 5.28. The van der Waals surface area contributed by atoms with Gasteiger partial charge < -0.3 is 10.1 Å². The van der Waals surface area contributed by atoms with Crippen LogP contribution >= 0.6 is 0 Å². The Balaban J connectivity index is 1.99. The quantitative estimate of drug-likeness (QED) is 0.742. The van der Waals surface area contributed by atoms with Crippen molar-refractivity contribution >= 4 is 0 Å². The highest BCUT2D eigenvalue weighted by atomic mass is 16.5. The molecule has 88 valence electrons. The van der Waals surface area contributed by atoms with E-state index in [0.29, 0.717) is 6.04 Å². The van der Waals surface area contributed by atoms with Gasteiger partial charge in [-0.3, -0.25) is 4.90 Å². The molecule has 0 radical (unpaired) electrons. The van der Waals surface area contributed by atoms with Gasteiger partial charge >= 0.3 is 0 Å². The Hall–Kier alpha value is -0.120. The predicted octanol–water partition coefficient (Wildman–Crippen LogP) is 1.10. The lowest BCUT2D eigenvalue weighted by Crippen LogP contribution is -2.57. The second-order valence-corrected chi connectivity index (χ2v) is 4.91. The highest BCUT2D eigenvalue weighted by molar-refractivity contribution is 4.88. The van der Waals surface area contributed by atoms with Gasteiger partial charge in [0.2, 0.25) is 0 Å². The molecule has 0 aromatic carbocycles. The number of hydrogen-bond donors (Lipinski definition) is 1. The third-order valence-electron chi connectivity index (χ3n) is 3.96. The summed E-state index contributed by atoms with van der Waals surface area (Å²) >= 11 is 0. The Labute approximate surface area is 93.2 Å². The van der Waals surface area contributed by atoms with Crippen LogP contribution in [0.3, 0.4) is 0 Å². The minimum absolute atomic E-state index is 0.645. The van der Waals surface area contributed by atoms with Crippen molar-refractivity contribution < 1.29 is 4.74 Å². The summed E-state index contributed by atoms with van der Waals surface area (Å²) in [7, 11) is 0. The Kier molecular flexibility index (Phi) is 4.00. The van der Waals surface area contributed by atoms with Crippen LogP contribution in [0, 0.1) is 5.92 Å². The molecule has 15 heavy (non-hydrogen) atoms. The highest BCUT2D eigenvalue weighted by Crippen LogP contribution is 2.22. The molecule has 3 unspecified atom stereocenters. The molecule has 0 saturated carbocycles. The minimum atomic E-state index is 0.645. The fourth-order valence-corrected chi connectivity index (χ4v) is 2.87. The zero-order chi connectivity index (χ0) is 10.7. The molecule has 2 saturated heterocycles. The lowest BCUT2D eigenvalue weighted by Gasteiger charge is -2.45. The van der Waals surface area contributed by atoms with Gasteiger partial charge in [0.05, 0.1) is 13.2 Å². The lowest BCUT2D eigenvalue weighted by molar-refractivity contribution is -0.0449. The lowest BCUT2D eigenvalue weighted by atomic mass is 9.91. The van der Waals surface area contributed by atoms with Crippen molar-refractivity contribution in [3.8, 4) is 0 Å². The van der Waals surface area contributed by atoms with E-state index in [1.807, 2.05) is 0 Å². The van der Waals surface area contributed by atoms with E-state index in [1.54, 1.807) is 0 Å². The van der Waals surface area contributed by atoms with Crippen LogP contribution in [0.2, 0.25) is 0 Å². The van der Waals surface area contributed by atoms with Gasteiger partial charge in [0.1, 0.15) is 0 Å². The number of nitrogens with zero attached hydrogens (tertiary/aromatic N) is 1. The van der Waals surface area contributed by atoms with Gasteiger partial charge in [0, 0.05) is 25.2 Å². The Morgan fingerprint density at radius 2 is 2.33 bits per heavy atom. The summed E-state index contributed by atoms with van der Waals surface area (Å²) in [6.07, 6.45) is 2.53. The van der Waals surface area contributed by atoms with Crippen molar-refractivity contribution in [1.82, 2.24) is 10.2 Å². The summed E-state index contributed by atoms with van der Waals surface area (Å²) in [5.74, 6) is 0.832. The normalized spacial score (nSPS) is 39.2. The van der Waals surface area contributed by atoms with Gasteiger partial charge in [0.15, 0.2) is 0 Å². The van der Waals surface area contributed by atoms with E-state index in [9.17, 15) is 0 Å². The minimum Gasteiger partial charge on any atom is -0.378 e. The molecule has 0 amide bonds.